The Labute approximate surface area is 143 Å². The molecule has 6 heteroatoms. The molecule has 1 aliphatic heterocycles. The summed E-state index contributed by atoms with van der Waals surface area (Å²) in [6, 6.07) is 17.6. The van der Waals surface area contributed by atoms with E-state index in [4.69, 9.17) is 10.5 Å². The van der Waals surface area contributed by atoms with Crippen molar-refractivity contribution in [1.82, 2.24) is 0 Å². The number of benzene rings is 2. The van der Waals surface area contributed by atoms with E-state index in [0.717, 1.165) is 4.90 Å². The number of rotatable bonds is 4. The minimum Gasteiger partial charge on any atom is -0.268 e. The van der Waals surface area contributed by atoms with Crippen molar-refractivity contribution < 1.29 is 9.59 Å². The Morgan fingerprint density at radius 1 is 0.958 bits per heavy atom. The van der Waals surface area contributed by atoms with Crippen LogP contribution in [-0.2, 0) is 0 Å². The largest absolute Gasteiger partial charge is 0.268 e. The third-order valence-corrected chi connectivity index (χ3v) is 4.75. The number of imide groups is 1. The van der Waals surface area contributed by atoms with E-state index < -0.39 is 5.25 Å². The topological polar surface area (TPSA) is 85.0 Å². The van der Waals surface area contributed by atoms with Crippen LogP contribution in [-0.4, -0.2) is 17.1 Å². The molecule has 5 nitrogen and oxygen atoms in total. The molecule has 0 radical (unpaired) electrons. The summed E-state index contributed by atoms with van der Waals surface area (Å²) >= 11 is 1.18. The van der Waals surface area contributed by atoms with Gasteiger partial charge in [-0.25, -0.2) is 4.90 Å². The lowest BCUT2D eigenvalue weighted by Gasteiger charge is -2.18. The summed E-state index contributed by atoms with van der Waals surface area (Å²) in [7, 11) is 0. The van der Waals surface area contributed by atoms with Crippen LogP contribution in [0, 0.1) is 22.7 Å². The van der Waals surface area contributed by atoms with E-state index in [9.17, 15) is 9.59 Å². The fourth-order valence-electron chi connectivity index (χ4n) is 2.50. The number of amides is 2. The van der Waals surface area contributed by atoms with Crippen LogP contribution in [0.15, 0.2) is 53.4 Å². The number of para-hydroxylation sites is 1. The third-order valence-electron chi connectivity index (χ3n) is 3.59. The zero-order chi connectivity index (χ0) is 17.1. The number of fused-ring (bicyclic) bond motifs is 1. The Bertz CT molecular complexity index is 876. The summed E-state index contributed by atoms with van der Waals surface area (Å²) < 4.78 is 0. The zero-order valence-corrected chi connectivity index (χ0v) is 13.3. The summed E-state index contributed by atoms with van der Waals surface area (Å²) in [5.74, 6) is -0.755. The number of hydrogen-bond acceptors (Lipinski definition) is 5. The standard InChI is InChI=1S/C18H11N3O2S/c19-10-9-12(11-20)24-16-8-4-3-7-15(16)21-17(22)13-5-1-2-6-14(13)18(21)23/h1-8,12H,9H2. The van der Waals surface area contributed by atoms with Gasteiger partial charge in [-0.3, -0.25) is 9.59 Å². The molecule has 116 valence electrons. The van der Waals surface area contributed by atoms with Gasteiger partial charge in [0, 0.05) is 4.90 Å². The third kappa shape index (κ3) is 2.64. The van der Waals surface area contributed by atoms with E-state index in [0.29, 0.717) is 21.7 Å². The number of carbonyl (C=O) groups is 2. The first-order chi connectivity index (χ1) is 11.7. The normalized spacial score (nSPS) is 14.0. The molecule has 0 N–H and O–H groups in total. The molecule has 2 aromatic rings. The minimum atomic E-state index is -0.564. The monoisotopic (exact) mass is 333 g/mol. The summed E-state index contributed by atoms with van der Waals surface area (Å²) in [5, 5.41) is 17.4. The maximum Gasteiger partial charge on any atom is 0.266 e. The predicted octanol–water partition coefficient (Wildman–Crippen LogP) is 3.39. The lowest BCUT2D eigenvalue weighted by atomic mass is 10.1. The minimum absolute atomic E-state index is 0.0671. The molecule has 3 rings (SSSR count). The molecule has 0 fully saturated rings. The highest BCUT2D eigenvalue weighted by molar-refractivity contribution is 8.00. The van der Waals surface area contributed by atoms with E-state index in [-0.39, 0.29) is 18.2 Å². The highest BCUT2D eigenvalue weighted by atomic mass is 32.2. The number of nitriles is 2. The summed E-state index contributed by atoms with van der Waals surface area (Å²) in [4.78, 5) is 27.0. The van der Waals surface area contributed by atoms with Crippen LogP contribution in [0.4, 0.5) is 5.69 Å². The van der Waals surface area contributed by atoms with Gasteiger partial charge >= 0.3 is 0 Å². The molecule has 1 unspecified atom stereocenters. The number of anilines is 1. The molecular weight excluding hydrogens is 322 g/mol. The number of thioether (sulfide) groups is 1. The Hall–Kier alpha value is -3.09. The number of hydrogen-bond donors (Lipinski definition) is 0. The van der Waals surface area contributed by atoms with Gasteiger partial charge in [0.2, 0.25) is 0 Å². The molecule has 2 aromatic carbocycles. The summed E-state index contributed by atoms with van der Waals surface area (Å²) in [6.07, 6.45) is 0.0671. The van der Waals surface area contributed by atoms with Crippen LogP contribution in [0.3, 0.4) is 0 Å². The first kappa shape index (κ1) is 15.8. The Morgan fingerprint density at radius 2 is 1.54 bits per heavy atom. The first-order valence-electron chi connectivity index (χ1n) is 7.17. The Balaban J connectivity index is 2.00. The molecule has 24 heavy (non-hydrogen) atoms. The van der Waals surface area contributed by atoms with E-state index >= 15 is 0 Å². The number of carbonyl (C=O) groups excluding carboxylic acids is 2. The van der Waals surface area contributed by atoms with E-state index in [1.165, 1.54) is 11.8 Å². The van der Waals surface area contributed by atoms with Gasteiger partial charge in [-0.2, -0.15) is 10.5 Å². The second-order valence-corrected chi connectivity index (χ2v) is 6.30. The van der Waals surface area contributed by atoms with Crippen LogP contribution in [0.25, 0.3) is 0 Å². The van der Waals surface area contributed by atoms with Gasteiger partial charge in [0.25, 0.3) is 11.8 Å². The average molecular weight is 333 g/mol. The van der Waals surface area contributed by atoms with Gasteiger partial charge in [-0.05, 0) is 24.3 Å². The fraction of sp³-hybridized carbons (Fsp3) is 0.111. The molecule has 1 heterocycles. The van der Waals surface area contributed by atoms with Crippen molar-refractivity contribution in [2.75, 3.05) is 4.90 Å². The molecule has 0 aromatic heterocycles. The van der Waals surface area contributed by atoms with Crippen LogP contribution in [0.1, 0.15) is 27.1 Å². The molecule has 0 aliphatic carbocycles. The van der Waals surface area contributed by atoms with E-state index in [1.807, 2.05) is 6.07 Å². The molecule has 2 amide bonds. The molecule has 1 atom stereocenters. The summed E-state index contributed by atoms with van der Waals surface area (Å²) in [6.45, 7) is 0. The Morgan fingerprint density at radius 3 is 2.12 bits per heavy atom. The van der Waals surface area contributed by atoms with Crippen LogP contribution in [0.5, 0.6) is 0 Å². The van der Waals surface area contributed by atoms with Gasteiger partial charge < -0.3 is 0 Å². The van der Waals surface area contributed by atoms with Crippen molar-refractivity contribution in [3.8, 4) is 12.1 Å². The first-order valence-corrected chi connectivity index (χ1v) is 8.05. The van der Waals surface area contributed by atoms with Gasteiger partial charge in [0.15, 0.2) is 0 Å². The van der Waals surface area contributed by atoms with Crippen molar-refractivity contribution in [1.29, 1.82) is 10.5 Å². The molecule has 0 saturated carbocycles. The Kier molecular flexibility index (Phi) is 4.33. The maximum absolute atomic E-state index is 12.6. The van der Waals surface area contributed by atoms with Crippen LogP contribution >= 0.6 is 11.8 Å². The van der Waals surface area contributed by atoms with Gasteiger partial charge in [-0.15, -0.1) is 11.8 Å². The molecule has 1 aliphatic rings. The molecule has 0 bridgehead atoms. The SMILES string of the molecule is N#CCC(C#N)Sc1ccccc1N1C(=O)c2ccccc2C1=O. The maximum atomic E-state index is 12.6. The molecule has 0 spiro atoms. The molecule has 0 saturated heterocycles. The quantitative estimate of drug-likeness (QED) is 0.632. The lowest BCUT2D eigenvalue weighted by Crippen LogP contribution is -2.29. The van der Waals surface area contributed by atoms with E-state index in [2.05, 4.69) is 6.07 Å². The number of nitrogens with zero attached hydrogens (tertiary/aromatic N) is 3. The van der Waals surface area contributed by atoms with Crippen molar-refractivity contribution in [2.24, 2.45) is 0 Å². The second-order valence-electron chi connectivity index (χ2n) is 5.06. The van der Waals surface area contributed by atoms with Gasteiger partial charge in [0.1, 0.15) is 5.25 Å². The molecular formula is C18H11N3O2S. The predicted molar refractivity (Wildman–Crippen MR) is 89.5 cm³/mol. The second kappa shape index (κ2) is 6.57. The van der Waals surface area contributed by atoms with Crippen molar-refractivity contribution in [3.05, 3.63) is 59.7 Å². The van der Waals surface area contributed by atoms with Crippen LogP contribution in [0.2, 0.25) is 0 Å². The average Bonchev–Trinajstić information content (AvgIpc) is 2.86. The van der Waals surface area contributed by atoms with Crippen molar-refractivity contribution in [2.45, 2.75) is 16.6 Å². The van der Waals surface area contributed by atoms with E-state index in [1.54, 1.807) is 48.5 Å². The zero-order valence-electron chi connectivity index (χ0n) is 12.5. The van der Waals surface area contributed by atoms with Crippen LogP contribution < -0.4 is 4.90 Å². The fourth-order valence-corrected chi connectivity index (χ4v) is 3.45. The van der Waals surface area contributed by atoms with Crippen molar-refractivity contribution in [3.63, 3.8) is 0 Å². The smallest absolute Gasteiger partial charge is 0.266 e. The highest BCUT2D eigenvalue weighted by Crippen LogP contribution is 2.37. The van der Waals surface area contributed by atoms with Crippen molar-refractivity contribution >= 4 is 29.3 Å². The summed E-state index contributed by atoms with van der Waals surface area (Å²) in [5.41, 5.74) is 1.18. The van der Waals surface area contributed by atoms with Gasteiger partial charge in [0.05, 0.1) is 35.4 Å². The van der Waals surface area contributed by atoms with Gasteiger partial charge in [-0.1, -0.05) is 24.3 Å². The lowest BCUT2D eigenvalue weighted by molar-refractivity contribution is 0.0925. The highest BCUT2D eigenvalue weighted by Gasteiger charge is 2.37.